The van der Waals surface area contributed by atoms with Gasteiger partial charge < -0.3 is 5.11 Å². The Morgan fingerprint density at radius 1 is 1.67 bits per heavy atom. The SMILES string of the molecule is CCN=CSC(O)CC. The van der Waals surface area contributed by atoms with Crippen molar-refractivity contribution in [3.8, 4) is 0 Å². The van der Waals surface area contributed by atoms with Crippen LogP contribution in [-0.4, -0.2) is 22.6 Å². The third kappa shape index (κ3) is 5.86. The lowest BCUT2D eigenvalue weighted by Crippen LogP contribution is -1.96. The van der Waals surface area contributed by atoms with Gasteiger partial charge >= 0.3 is 0 Å². The van der Waals surface area contributed by atoms with Gasteiger partial charge in [0.1, 0.15) is 5.44 Å². The summed E-state index contributed by atoms with van der Waals surface area (Å²) in [7, 11) is 0. The molecule has 1 atom stereocenters. The standard InChI is InChI=1S/C6H13NOS/c1-3-6(8)9-5-7-4-2/h5-6,8H,3-4H2,1-2H3. The van der Waals surface area contributed by atoms with E-state index in [0.29, 0.717) is 0 Å². The van der Waals surface area contributed by atoms with E-state index in [9.17, 15) is 0 Å². The maximum absolute atomic E-state index is 8.96. The molecule has 0 aliphatic rings. The summed E-state index contributed by atoms with van der Waals surface area (Å²) in [6.07, 6.45) is 0.778. The lowest BCUT2D eigenvalue weighted by atomic mass is 10.5. The van der Waals surface area contributed by atoms with Gasteiger partial charge in [-0.05, 0) is 13.3 Å². The van der Waals surface area contributed by atoms with E-state index in [-0.39, 0.29) is 5.44 Å². The number of rotatable bonds is 4. The van der Waals surface area contributed by atoms with E-state index in [4.69, 9.17) is 5.11 Å². The molecule has 0 saturated heterocycles. The first-order chi connectivity index (χ1) is 4.31. The number of aliphatic hydroxyl groups excluding tert-OH is 1. The number of hydrogen-bond donors (Lipinski definition) is 1. The molecule has 2 nitrogen and oxygen atoms in total. The van der Waals surface area contributed by atoms with Crippen molar-refractivity contribution in [3.63, 3.8) is 0 Å². The van der Waals surface area contributed by atoms with Gasteiger partial charge in [-0.3, -0.25) is 4.99 Å². The summed E-state index contributed by atoms with van der Waals surface area (Å²) in [5, 5.41) is 8.96. The first-order valence-corrected chi connectivity index (χ1v) is 4.07. The van der Waals surface area contributed by atoms with Gasteiger partial charge in [-0.25, -0.2) is 0 Å². The number of aliphatic imine (C=N–C) groups is 1. The largest absolute Gasteiger partial charge is 0.382 e. The van der Waals surface area contributed by atoms with Crippen LogP contribution in [0, 0.1) is 0 Å². The predicted molar refractivity (Wildman–Crippen MR) is 42.9 cm³/mol. The summed E-state index contributed by atoms with van der Waals surface area (Å²) in [6, 6.07) is 0. The Hall–Kier alpha value is -0.0200. The summed E-state index contributed by atoms with van der Waals surface area (Å²) >= 11 is 1.36. The van der Waals surface area contributed by atoms with Gasteiger partial charge in [0.25, 0.3) is 0 Å². The fraction of sp³-hybridized carbons (Fsp3) is 0.833. The normalized spacial score (nSPS) is 14.6. The minimum atomic E-state index is -0.278. The van der Waals surface area contributed by atoms with Crippen LogP contribution in [0.2, 0.25) is 0 Å². The Morgan fingerprint density at radius 2 is 2.33 bits per heavy atom. The molecule has 0 bridgehead atoms. The second-order valence-corrected chi connectivity index (χ2v) is 2.63. The van der Waals surface area contributed by atoms with Crippen molar-refractivity contribution in [1.82, 2.24) is 0 Å². The van der Waals surface area contributed by atoms with Gasteiger partial charge in [-0.2, -0.15) is 0 Å². The molecular formula is C6H13NOS. The monoisotopic (exact) mass is 147 g/mol. The van der Waals surface area contributed by atoms with Crippen molar-refractivity contribution in [2.24, 2.45) is 4.99 Å². The molecule has 0 fully saturated rings. The maximum atomic E-state index is 8.96. The molecule has 0 aromatic carbocycles. The molecule has 0 saturated carbocycles. The molecule has 1 N–H and O–H groups in total. The molecule has 0 heterocycles. The maximum Gasteiger partial charge on any atom is 0.104 e. The van der Waals surface area contributed by atoms with Crippen molar-refractivity contribution in [3.05, 3.63) is 0 Å². The third-order valence-corrected chi connectivity index (χ3v) is 1.74. The number of hydrogen-bond acceptors (Lipinski definition) is 3. The highest BCUT2D eigenvalue weighted by Crippen LogP contribution is 2.06. The fourth-order valence-corrected chi connectivity index (χ4v) is 0.852. The third-order valence-electron chi connectivity index (χ3n) is 0.824. The van der Waals surface area contributed by atoms with Crippen molar-refractivity contribution >= 4 is 17.3 Å². The zero-order valence-electron chi connectivity index (χ0n) is 5.87. The van der Waals surface area contributed by atoms with E-state index >= 15 is 0 Å². The first kappa shape index (κ1) is 8.98. The number of nitrogens with zero attached hydrogens (tertiary/aromatic N) is 1. The van der Waals surface area contributed by atoms with E-state index in [1.165, 1.54) is 11.8 Å². The molecule has 3 heteroatoms. The smallest absolute Gasteiger partial charge is 0.104 e. The molecule has 1 unspecified atom stereocenters. The molecule has 9 heavy (non-hydrogen) atoms. The molecule has 0 radical (unpaired) electrons. The second kappa shape index (κ2) is 6.11. The average molecular weight is 147 g/mol. The van der Waals surface area contributed by atoms with E-state index < -0.39 is 0 Å². The Balaban J connectivity index is 3.15. The van der Waals surface area contributed by atoms with Crippen molar-refractivity contribution < 1.29 is 5.11 Å². The van der Waals surface area contributed by atoms with Crippen LogP contribution in [0.4, 0.5) is 0 Å². The summed E-state index contributed by atoms with van der Waals surface area (Å²) in [5.74, 6) is 0. The zero-order valence-corrected chi connectivity index (χ0v) is 6.69. The van der Waals surface area contributed by atoms with Crippen molar-refractivity contribution in [2.75, 3.05) is 6.54 Å². The van der Waals surface area contributed by atoms with Crippen LogP contribution in [0.5, 0.6) is 0 Å². The minimum absolute atomic E-state index is 0.278. The highest BCUT2D eigenvalue weighted by Gasteiger charge is 1.95. The Bertz CT molecular complexity index is 85.1. The Morgan fingerprint density at radius 3 is 2.78 bits per heavy atom. The minimum Gasteiger partial charge on any atom is -0.382 e. The van der Waals surface area contributed by atoms with Crippen molar-refractivity contribution in [2.45, 2.75) is 25.7 Å². The van der Waals surface area contributed by atoms with Crippen LogP contribution in [0.15, 0.2) is 4.99 Å². The quantitative estimate of drug-likeness (QED) is 0.371. The summed E-state index contributed by atoms with van der Waals surface area (Å²) in [4.78, 5) is 3.94. The summed E-state index contributed by atoms with van der Waals surface area (Å²) in [5.41, 5.74) is 1.43. The van der Waals surface area contributed by atoms with E-state index in [1.807, 2.05) is 13.8 Å². The second-order valence-electron chi connectivity index (χ2n) is 1.60. The first-order valence-electron chi connectivity index (χ1n) is 3.13. The van der Waals surface area contributed by atoms with Gasteiger partial charge in [-0.1, -0.05) is 18.7 Å². The van der Waals surface area contributed by atoms with Gasteiger partial charge in [0.15, 0.2) is 0 Å². The lowest BCUT2D eigenvalue weighted by Gasteiger charge is -1.99. The van der Waals surface area contributed by atoms with Crippen LogP contribution in [-0.2, 0) is 0 Å². The van der Waals surface area contributed by atoms with Crippen LogP contribution in [0.1, 0.15) is 20.3 Å². The molecule has 0 aliphatic heterocycles. The number of thioether (sulfide) groups is 1. The van der Waals surface area contributed by atoms with Crippen LogP contribution >= 0.6 is 11.8 Å². The van der Waals surface area contributed by atoms with Gasteiger partial charge in [0, 0.05) is 6.54 Å². The molecule has 0 amide bonds. The van der Waals surface area contributed by atoms with Gasteiger partial charge in [-0.15, -0.1) is 0 Å². The topological polar surface area (TPSA) is 32.6 Å². The zero-order chi connectivity index (χ0) is 7.11. The molecular weight excluding hydrogens is 134 g/mol. The highest BCUT2D eigenvalue weighted by molar-refractivity contribution is 8.12. The Labute approximate surface area is 60.4 Å². The molecule has 54 valence electrons. The van der Waals surface area contributed by atoms with Crippen LogP contribution in [0.3, 0.4) is 0 Å². The highest BCUT2D eigenvalue weighted by atomic mass is 32.2. The van der Waals surface area contributed by atoms with E-state index in [2.05, 4.69) is 4.99 Å². The van der Waals surface area contributed by atoms with Crippen LogP contribution in [0.25, 0.3) is 0 Å². The van der Waals surface area contributed by atoms with Crippen LogP contribution < -0.4 is 0 Å². The molecule has 0 aromatic heterocycles. The van der Waals surface area contributed by atoms with E-state index in [0.717, 1.165) is 13.0 Å². The fourth-order valence-electron chi connectivity index (χ4n) is 0.284. The average Bonchev–Trinajstić information content (AvgIpc) is 1.89. The Kier molecular flexibility index (Phi) is 6.09. The molecule has 0 aliphatic carbocycles. The molecule has 0 spiro atoms. The summed E-state index contributed by atoms with van der Waals surface area (Å²) in [6.45, 7) is 4.70. The lowest BCUT2D eigenvalue weighted by molar-refractivity contribution is 0.261. The van der Waals surface area contributed by atoms with E-state index in [1.54, 1.807) is 5.55 Å². The van der Waals surface area contributed by atoms with Gasteiger partial charge in [0.2, 0.25) is 0 Å². The predicted octanol–water partition coefficient (Wildman–Crippen LogP) is 1.50. The summed E-state index contributed by atoms with van der Waals surface area (Å²) < 4.78 is 0. The molecule has 0 rings (SSSR count). The van der Waals surface area contributed by atoms with Crippen molar-refractivity contribution in [1.29, 1.82) is 0 Å². The number of aliphatic hydroxyl groups is 1. The van der Waals surface area contributed by atoms with Gasteiger partial charge in [0.05, 0.1) is 5.55 Å². The molecule has 0 aromatic rings.